The Morgan fingerprint density at radius 2 is 2.00 bits per heavy atom. The molecular formula is C15H18ClNO2S. The molecule has 1 heterocycles. The van der Waals surface area contributed by atoms with Crippen molar-refractivity contribution < 1.29 is 9.47 Å². The second kappa shape index (κ2) is 6.97. The minimum atomic E-state index is 0.358. The molecule has 5 heteroatoms. The maximum absolute atomic E-state index is 6.03. The average molecular weight is 312 g/mol. The Kier molecular flexibility index (Phi) is 5.29. The van der Waals surface area contributed by atoms with Crippen LogP contribution in [0.5, 0.6) is 11.5 Å². The van der Waals surface area contributed by atoms with Crippen molar-refractivity contribution >= 4 is 22.9 Å². The first-order valence-electron chi connectivity index (χ1n) is 6.44. The topological polar surface area (TPSA) is 44.5 Å². The van der Waals surface area contributed by atoms with E-state index < -0.39 is 0 Å². The molecule has 0 atom stereocenters. The van der Waals surface area contributed by atoms with E-state index in [9.17, 15) is 0 Å². The average Bonchev–Trinajstić information content (AvgIpc) is 2.92. The highest BCUT2D eigenvalue weighted by Gasteiger charge is 2.12. The van der Waals surface area contributed by atoms with Crippen molar-refractivity contribution in [2.24, 2.45) is 5.73 Å². The lowest BCUT2D eigenvalue weighted by atomic mass is 10.2. The summed E-state index contributed by atoms with van der Waals surface area (Å²) < 4.78 is 11.2. The Morgan fingerprint density at radius 3 is 2.60 bits per heavy atom. The first kappa shape index (κ1) is 15.2. The van der Waals surface area contributed by atoms with Crippen molar-refractivity contribution in [3.63, 3.8) is 0 Å². The number of halogens is 1. The predicted octanol–water partition coefficient (Wildman–Crippen LogP) is 4.01. The van der Waals surface area contributed by atoms with E-state index in [-0.39, 0.29) is 0 Å². The van der Waals surface area contributed by atoms with Crippen LogP contribution in [-0.2, 0) is 19.6 Å². The van der Waals surface area contributed by atoms with Gasteiger partial charge in [-0.3, -0.25) is 0 Å². The van der Waals surface area contributed by atoms with E-state index in [1.165, 1.54) is 9.75 Å². The summed E-state index contributed by atoms with van der Waals surface area (Å²) in [4.78, 5) is 2.53. The molecule has 0 saturated carbocycles. The summed E-state index contributed by atoms with van der Waals surface area (Å²) in [6.07, 6.45) is 1.04. The highest BCUT2D eigenvalue weighted by atomic mass is 35.5. The van der Waals surface area contributed by atoms with Crippen LogP contribution >= 0.6 is 22.9 Å². The smallest absolute Gasteiger partial charge is 0.166 e. The van der Waals surface area contributed by atoms with Gasteiger partial charge in [-0.2, -0.15) is 0 Å². The zero-order valence-corrected chi connectivity index (χ0v) is 13.2. The van der Waals surface area contributed by atoms with Gasteiger partial charge in [0, 0.05) is 33.0 Å². The Hall–Kier alpha value is -1.23. The van der Waals surface area contributed by atoms with Crippen molar-refractivity contribution in [3.8, 4) is 11.5 Å². The Morgan fingerprint density at radius 1 is 1.25 bits per heavy atom. The Bertz CT molecular complexity index is 558. The molecule has 0 unspecified atom stereocenters. The van der Waals surface area contributed by atoms with Crippen LogP contribution in [0.1, 0.15) is 22.2 Å². The van der Waals surface area contributed by atoms with Crippen LogP contribution in [0.4, 0.5) is 0 Å². The van der Waals surface area contributed by atoms with Crippen molar-refractivity contribution in [2.75, 3.05) is 7.11 Å². The van der Waals surface area contributed by atoms with Gasteiger partial charge in [0.2, 0.25) is 0 Å². The standard InChI is InChI=1S/C15H18ClNO2S/c1-3-12-4-5-13(20-12)9-19-15-10(8-17)6-11(16)7-14(15)18-2/h4-7H,3,8-9,17H2,1-2H3. The quantitative estimate of drug-likeness (QED) is 0.876. The number of benzene rings is 1. The van der Waals surface area contributed by atoms with Crippen molar-refractivity contribution in [2.45, 2.75) is 26.5 Å². The lowest BCUT2D eigenvalue weighted by Gasteiger charge is -2.14. The molecule has 20 heavy (non-hydrogen) atoms. The molecule has 3 nitrogen and oxygen atoms in total. The molecule has 108 valence electrons. The number of hydrogen-bond acceptors (Lipinski definition) is 4. The zero-order valence-electron chi connectivity index (χ0n) is 11.6. The van der Waals surface area contributed by atoms with Crippen LogP contribution in [0.2, 0.25) is 5.02 Å². The molecule has 2 aromatic rings. The fourth-order valence-corrected chi connectivity index (χ4v) is 3.02. The van der Waals surface area contributed by atoms with Crippen molar-refractivity contribution in [1.29, 1.82) is 0 Å². The molecule has 1 aromatic carbocycles. The third kappa shape index (κ3) is 3.45. The van der Waals surface area contributed by atoms with E-state index in [1.54, 1.807) is 24.5 Å². The van der Waals surface area contributed by atoms with Crippen molar-refractivity contribution in [3.05, 3.63) is 44.6 Å². The zero-order chi connectivity index (χ0) is 14.5. The summed E-state index contributed by atoms with van der Waals surface area (Å²) in [5, 5.41) is 0.596. The number of rotatable bonds is 6. The lowest BCUT2D eigenvalue weighted by Crippen LogP contribution is -2.04. The maximum Gasteiger partial charge on any atom is 0.166 e. The summed E-state index contributed by atoms with van der Waals surface area (Å²) in [5.74, 6) is 1.29. The third-order valence-electron chi connectivity index (χ3n) is 2.96. The molecule has 0 aliphatic heterocycles. The highest BCUT2D eigenvalue weighted by molar-refractivity contribution is 7.11. The van der Waals surface area contributed by atoms with Crippen LogP contribution < -0.4 is 15.2 Å². The predicted molar refractivity (Wildman–Crippen MR) is 83.9 cm³/mol. The number of hydrogen-bond donors (Lipinski definition) is 1. The molecule has 0 aliphatic rings. The van der Waals surface area contributed by atoms with Gasteiger partial charge in [0.25, 0.3) is 0 Å². The van der Waals surface area contributed by atoms with Gasteiger partial charge in [0.1, 0.15) is 6.61 Å². The van der Waals surface area contributed by atoms with E-state index in [2.05, 4.69) is 19.1 Å². The van der Waals surface area contributed by atoms with Gasteiger partial charge in [-0.25, -0.2) is 0 Å². The van der Waals surface area contributed by atoms with Gasteiger partial charge in [-0.05, 0) is 24.6 Å². The number of aryl methyl sites for hydroxylation is 1. The molecule has 0 aliphatic carbocycles. The third-order valence-corrected chi connectivity index (χ3v) is 4.38. The second-order valence-electron chi connectivity index (χ2n) is 4.31. The van der Waals surface area contributed by atoms with Crippen LogP contribution in [0.15, 0.2) is 24.3 Å². The SMILES string of the molecule is CCc1ccc(COc2c(CN)cc(Cl)cc2OC)s1. The van der Waals surface area contributed by atoms with E-state index in [4.69, 9.17) is 26.8 Å². The van der Waals surface area contributed by atoms with Gasteiger partial charge in [0.05, 0.1) is 7.11 Å². The normalized spacial score (nSPS) is 10.6. The van der Waals surface area contributed by atoms with Crippen LogP contribution in [-0.4, -0.2) is 7.11 Å². The van der Waals surface area contributed by atoms with Crippen LogP contribution in [0, 0.1) is 0 Å². The van der Waals surface area contributed by atoms with Crippen LogP contribution in [0.25, 0.3) is 0 Å². The Balaban J connectivity index is 2.19. The van der Waals surface area contributed by atoms with Gasteiger partial charge >= 0.3 is 0 Å². The van der Waals surface area contributed by atoms with E-state index in [1.807, 2.05) is 6.07 Å². The minimum Gasteiger partial charge on any atom is -0.493 e. The summed E-state index contributed by atoms with van der Waals surface area (Å²) in [5.41, 5.74) is 6.59. The number of thiophene rings is 1. The second-order valence-corrected chi connectivity index (χ2v) is 6.00. The van der Waals surface area contributed by atoms with E-state index in [0.29, 0.717) is 29.7 Å². The number of nitrogens with two attached hydrogens (primary N) is 1. The van der Waals surface area contributed by atoms with Gasteiger partial charge in [0.15, 0.2) is 11.5 Å². The number of methoxy groups -OCH3 is 1. The summed E-state index contributed by atoms with van der Waals surface area (Å²) in [6.45, 7) is 3.01. The first-order valence-corrected chi connectivity index (χ1v) is 7.64. The molecule has 0 bridgehead atoms. The molecule has 0 spiro atoms. The van der Waals surface area contributed by atoms with E-state index in [0.717, 1.165) is 12.0 Å². The van der Waals surface area contributed by atoms with E-state index >= 15 is 0 Å². The molecule has 2 N–H and O–H groups in total. The first-order chi connectivity index (χ1) is 9.67. The summed E-state index contributed by atoms with van der Waals surface area (Å²) in [6, 6.07) is 7.77. The fourth-order valence-electron chi connectivity index (χ4n) is 1.92. The monoisotopic (exact) mass is 311 g/mol. The molecule has 1 aromatic heterocycles. The van der Waals surface area contributed by atoms with Crippen LogP contribution in [0.3, 0.4) is 0 Å². The molecule has 0 fully saturated rings. The van der Waals surface area contributed by atoms with Crippen molar-refractivity contribution in [1.82, 2.24) is 0 Å². The van der Waals surface area contributed by atoms with Gasteiger partial charge in [-0.15, -0.1) is 11.3 Å². The number of ether oxygens (including phenoxy) is 2. The maximum atomic E-state index is 6.03. The minimum absolute atomic E-state index is 0.358. The molecule has 0 amide bonds. The molecule has 0 saturated heterocycles. The lowest BCUT2D eigenvalue weighted by molar-refractivity contribution is 0.284. The fraction of sp³-hybridized carbons (Fsp3) is 0.333. The molecule has 2 rings (SSSR count). The van der Waals surface area contributed by atoms with Gasteiger partial charge < -0.3 is 15.2 Å². The summed E-state index contributed by atoms with van der Waals surface area (Å²) in [7, 11) is 1.60. The largest absolute Gasteiger partial charge is 0.493 e. The molecular weight excluding hydrogens is 294 g/mol. The van der Waals surface area contributed by atoms with Gasteiger partial charge in [-0.1, -0.05) is 18.5 Å². The summed E-state index contributed by atoms with van der Waals surface area (Å²) >= 11 is 7.79. The Labute approximate surface area is 128 Å². The highest BCUT2D eigenvalue weighted by Crippen LogP contribution is 2.35. The molecule has 0 radical (unpaired) electrons.